The average Bonchev–Trinajstić information content (AvgIpc) is 2.43. The molecule has 0 radical (unpaired) electrons. The second-order valence-electron chi connectivity index (χ2n) is 4.70. The maximum Gasteiger partial charge on any atom is 0.196 e. The Balaban J connectivity index is 2.52. The lowest BCUT2D eigenvalue weighted by molar-refractivity contribution is 0.103. The van der Waals surface area contributed by atoms with Crippen LogP contribution in [0.4, 0.5) is 5.69 Å². The molecule has 0 aliphatic carbocycles. The second kappa shape index (κ2) is 5.67. The van der Waals surface area contributed by atoms with Gasteiger partial charge in [-0.1, -0.05) is 15.9 Å². The Morgan fingerprint density at radius 3 is 2.45 bits per heavy atom. The largest absolute Gasteiger partial charge is 0.496 e. The predicted octanol–water partition coefficient (Wildman–Crippen LogP) is 3.89. The third-order valence-electron chi connectivity index (χ3n) is 3.26. The van der Waals surface area contributed by atoms with E-state index < -0.39 is 0 Å². The highest BCUT2D eigenvalue weighted by Gasteiger charge is 2.16. The molecule has 0 atom stereocenters. The van der Waals surface area contributed by atoms with Crippen LogP contribution in [-0.4, -0.2) is 12.9 Å². The summed E-state index contributed by atoms with van der Waals surface area (Å²) < 4.78 is 6.19. The molecule has 0 heterocycles. The van der Waals surface area contributed by atoms with Gasteiger partial charge in [-0.05, 0) is 55.3 Å². The van der Waals surface area contributed by atoms with Crippen molar-refractivity contribution >= 4 is 27.4 Å². The highest BCUT2D eigenvalue weighted by atomic mass is 79.9. The molecule has 0 aliphatic rings. The summed E-state index contributed by atoms with van der Waals surface area (Å²) in [7, 11) is 1.56. The predicted molar refractivity (Wildman–Crippen MR) is 84.5 cm³/mol. The van der Waals surface area contributed by atoms with Crippen LogP contribution in [0.25, 0.3) is 0 Å². The maximum atomic E-state index is 12.6. The third kappa shape index (κ3) is 2.70. The number of carbonyl (C=O) groups is 1. The number of nitrogen functional groups attached to an aromatic ring is 1. The van der Waals surface area contributed by atoms with Crippen molar-refractivity contribution in [3.63, 3.8) is 0 Å². The quantitative estimate of drug-likeness (QED) is 0.684. The Morgan fingerprint density at radius 2 is 1.85 bits per heavy atom. The van der Waals surface area contributed by atoms with Gasteiger partial charge in [0.2, 0.25) is 0 Å². The topological polar surface area (TPSA) is 52.3 Å². The van der Waals surface area contributed by atoms with Gasteiger partial charge in [0, 0.05) is 15.7 Å². The zero-order valence-electron chi connectivity index (χ0n) is 11.7. The van der Waals surface area contributed by atoms with E-state index in [9.17, 15) is 4.79 Å². The van der Waals surface area contributed by atoms with Crippen LogP contribution in [0.5, 0.6) is 5.75 Å². The average molecular weight is 334 g/mol. The van der Waals surface area contributed by atoms with Gasteiger partial charge in [0.15, 0.2) is 5.78 Å². The minimum absolute atomic E-state index is 0.0781. The minimum atomic E-state index is -0.0781. The number of hydrogen-bond donors (Lipinski definition) is 1. The summed E-state index contributed by atoms with van der Waals surface area (Å²) in [6.45, 7) is 3.84. The summed E-state index contributed by atoms with van der Waals surface area (Å²) in [6.07, 6.45) is 0. The van der Waals surface area contributed by atoms with Gasteiger partial charge in [-0.3, -0.25) is 4.79 Å². The van der Waals surface area contributed by atoms with Crippen LogP contribution in [0.15, 0.2) is 34.8 Å². The van der Waals surface area contributed by atoms with Crippen LogP contribution in [0.3, 0.4) is 0 Å². The molecule has 3 nitrogen and oxygen atoms in total. The van der Waals surface area contributed by atoms with Crippen LogP contribution < -0.4 is 10.5 Å². The van der Waals surface area contributed by atoms with E-state index in [0.717, 1.165) is 15.6 Å². The fourth-order valence-corrected chi connectivity index (χ4v) is 2.32. The second-order valence-corrected chi connectivity index (χ2v) is 5.56. The van der Waals surface area contributed by atoms with Crippen molar-refractivity contribution < 1.29 is 9.53 Å². The van der Waals surface area contributed by atoms with E-state index >= 15 is 0 Å². The van der Waals surface area contributed by atoms with E-state index in [-0.39, 0.29) is 5.78 Å². The molecule has 0 amide bonds. The van der Waals surface area contributed by atoms with Gasteiger partial charge in [-0.25, -0.2) is 0 Å². The van der Waals surface area contributed by atoms with Crippen LogP contribution in [0, 0.1) is 13.8 Å². The van der Waals surface area contributed by atoms with Gasteiger partial charge in [0.1, 0.15) is 5.75 Å². The summed E-state index contributed by atoms with van der Waals surface area (Å²) in [6, 6.07) is 8.92. The molecule has 0 aliphatic heterocycles. The van der Waals surface area contributed by atoms with Gasteiger partial charge in [-0.2, -0.15) is 0 Å². The highest BCUT2D eigenvalue weighted by Crippen LogP contribution is 2.29. The van der Waals surface area contributed by atoms with E-state index in [1.54, 1.807) is 31.4 Å². The number of nitrogens with two attached hydrogens (primary N) is 1. The SMILES string of the molecule is COc1cc(C)c(Br)cc1C(=O)c1ccc(N)c(C)c1. The molecular weight excluding hydrogens is 318 g/mol. The molecule has 2 N–H and O–H groups in total. The molecule has 104 valence electrons. The lowest BCUT2D eigenvalue weighted by atomic mass is 9.99. The maximum absolute atomic E-state index is 12.6. The molecule has 0 unspecified atom stereocenters. The number of ketones is 1. The van der Waals surface area contributed by atoms with Crippen molar-refractivity contribution in [3.8, 4) is 5.75 Å². The summed E-state index contributed by atoms with van der Waals surface area (Å²) in [5.74, 6) is 0.496. The summed E-state index contributed by atoms with van der Waals surface area (Å²) in [5.41, 5.74) is 9.51. The first-order valence-corrected chi connectivity index (χ1v) is 6.98. The van der Waals surface area contributed by atoms with Gasteiger partial charge < -0.3 is 10.5 Å². The van der Waals surface area contributed by atoms with E-state index in [2.05, 4.69) is 15.9 Å². The zero-order valence-corrected chi connectivity index (χ0v) is 13.2. The highest BCUT2D eigenvalue weighted by molar-refractivity contribution is 9.10. The Kier molecular flexibility index (Phi) is 4.14. The van der Waals surface area contributed by atoms with Crippen LogP contribution in [0.2, 0.25) is 0 Å². The van der Waals surface area contributed by atoms with Crippen LogP contribution in [-0.2, 0) is 0 Å². The lowest BCUT2D eigenvalue weighted by Crippen LogP contribution is -2.05. The van der Waals surface area contributed by atoms with E-state index in [1.807, 2.05) is 19.9 Å². The van der Waals surface area contributed by atoms with Crippen molar-refractivity contribution in [2.45, 2.75) is 13.8 Å². The Bertz CT molecular complexity index is 680. The molecule has 0 saturated carbocycles. The molecule has 0 spiro atoms. The molecule has 0 bridgehead atoms. The normalized spacial score (nSPS) is 10.4. The number of anilines is 1. The number of ether oxygens (including phenoxy) is 1. The number of halogens is 1. The molecule has 0 aromatic heterocycles. The molecule has 2 aromatic carbocycles. The van der Waals surface area contributed by atoms with Gasteiger partial charge in [0.25, 0.3) is 0 Å². The van der Waals surface area contributed by atoms with E-state index in [1.165, 1.54) is 0 Å². The van der Waals surface area contributed by atoms with Crippen molar-refractivity contribution in [2.24, 2.45) is 0 Å². The van der Waals surface area contributed by atoms with Crippen molar-refractivity contribution in [2.75, 3.05) is 12.8 Å². The molecule has 2 aromatic rings. The third-order valence-corrected chi connectivity index (χ3v) is 4.11. The van der Waals surface area contributed by atoms with E-state index in [0.29, 0.717) is 22.6 Å². The number of aryl methyl sites for hydroxylation is 2. The van der Waals surface area contributed by atoms with Gasteiger partial charge in [-0.15, -0.1) is 0 Å². The van der Waals surface area contributed by atoms with Crippen molar-refractivity contribution in [1.29, 1.82) is 0 Å². The first-order chi connectivity index (χ1) is 9.43. The first-order valence-electron chi connectivity index (χ1n) is 6.19. The number of benzene rings is 2. The number of rotatable bonds is 3. The molecular formula is C16H16BrNO2. The lowest BCUT2D eigenvalue weighted by Gasteiger charge is -2.11. The minimum Gasteiger partial charge on any atom is -0.496 e. The Labute approximate surface area is 126 Å². The smallest absolute Gasteiger partial charge is 0.196 e. The summed E-state index contributed by atoms with van der Waals surface area (Å²) in [5, 5.41) is 0. The van der Waals surface area contributed by atoms with Crippen LogP contribution >= 0.6 is 15.9 Å². The summed E-state index contributed by atoms with van der Waals surface area (Å²) >= 11 is 3.45. The monoisotopic (exact) mass is 333 g/mol. The molecule has 4 heteroatoms. The fourth-order valence-electron chi connectivity index (χ4n) is 1.97. The zero-order chi connectivity index (χ0) is 14.9. The van der Waals surface area contributed by atoms with Gasteiger partial charge >= 0.3 is 0 Å². The Morgan fingerprint density at radius 1 is 1.15 bits per heavy atom. The standard InChI is InChI=1S/C16H16BrNO2/c1-9-7-15(20-3)12(8-13(9)17)16(19)11-4-5-14(18)10(2)6-11/h4-8H,18H2,1-3H3. The summed E-state index contributed by atoms with van der Waals surface area (Å²) in [4.78, 5) is 12.6. The van der Waals surface area contributed by atoms with Crippen molar-refractivity contribution in [3.05, 3.63) is 57.1 Å². The number of carbonyl (C=O) groups excluding carboxylic acids is 1. The van der Waals surface area contributed by atoms with E-state index in [4.69, 9.17) is 10.5 Å². The Hall–Kier alpha value is -1.81. The molecule has 0 saturated heterocycles. The van der Waals surface area contributed by atoms with Crippen molar-refractivity contribution in [1.82, 2.24) is 0 Å². The molecule has 0 fully saturated rings. The fraction of sp³-hybridized carbons (Fsp3) is 0.188. The molecule has 2 rings (SSSR count). The van der Waals surface area contributed by atoms with Crippen LogP contribution in [0.1, 0.15) is 27.0 Å². The van der Waals surface area contributed by atoms with Gasteiger partial charge in [0.05, 0.1) is 12.7 Å². The first kappa shape index (κ1) is 14.6. The number of methoxy groups -OCH3 is 1. The number of hydrogen-bond acceptors (Lipinski definition) is 3. The molecule has 20 heavy (non-hydrogen) atoms.